The number of carbonyl (C=O) groups excluding carboxylic acids is 1. The summed E-state index contributed by atoms with van der Waals surface area (Å²) in [7, 11) is 1.58. The highest BCUT2D eigenvalue weighted by Gasteiger charge is 2.70. The number of ether oxygens (including phenoxy) is 3. The molecule has 3 heterocycles. The lowest BCUT2D eigenvalue weighted by molar-refractivity contribution is -0.264. The monoisotopic (exact) mass is 600 g/mol. The van der Waals surface area contributed by atoms with E-state index in [0.29, 0.717) is 30.4 Å². The summed E-state index contributed by atoms with van der Waals surface area (Å²) in [5.41, 5.74) is -2.13. The first kappa shape index (κ1) is 30.0. The van der Waals surface area contributed by atoms with Gasteiger partial charge in [0, 0.05) is 42.5 Å². The Balaban J connectivity index is 1.49. The number of aliphatic hydroxyl groups is 2. The zero-order valence-electron chi connectivity index (χ0n) is 25.1. The van der Waals surface area contributed by atoms with Crippen LogP contribution in [-0.2, 0) is 9.47 Å². The van der Waals surface area contributed by atoms with Crippen LogP contribution in [0, 0.1) is 34.0 Å². The van der Waals surface area contributed by atoms with Crippen LogP contribution >= 0.6 is 0 Å². The van der Waals surface area contributed by atoms with Gasteiger partial charge in [-0.3, -0.25) is 4.98 Å². The summed E-state index contributed by atoms with van der Waals surface area (Å²) in [5, 5.41) is 32.6. The van der Waals surface area contributed by atoms with Crippen LogP contribution in [0.25, 0.3) is 11.3 Å². The number of benzene rings is 1. The first-order valence-electron chi connectivity index (χ1n) is 14.8. The molecule has 1 aliphatic heterocycles. The van der Waals surface area contributed by atoms with Crippen molar-refractivity contribution in [2.45, 2.75) is 63.9 Å². The molecule has 6 rings (SSSR count). The Morgan fingerprint density at radius 3 is 2.59 bits per heavy atom. The van der Waals surface area contributed by atoms with E-state index >= 15 is 0 Å². The van der Waals surface area contributed by atoms with Gasteiger partial charge in [0.25, 0.3) is 0 Å². The van der Waals surface area contributed by atoms with Crippen molar-refractivity contribution in [3.8, 4) is 23.1 Å². The normalized spacial score (nSPS) is 34.0. The lowest BCUT2D eigenvalue weighted by Gasteiger charge is -2.66. The predicted octanol–water partition coefficient (Wildman–Crippen LogP) is 4.43. The van der Waals surface area contributed by atoms with Crippen LogP contribution < -0.4 is 10.4 Å². The van der Waals surface area contributed by atoms with Crippen molar-refractivity contribution in [3.63, 3.8) is 0 Å². The quantitative estimate of drug-likeness (QED) is 0.402. The standard InChI is InChI=1S/C34H36N2O8/c1-32-12-11-25(37)33(2,18-41-4)24(32)15-26(43-30(39)20-9-7-19(16-35)8-10-20)34(3)29(32)28(38)27-23(44-34)14-22(42-31(27)40)21-6-5-13-36-17-21/h5-10,13-14,17,24-26,28-29,37-38H,11-12,15,18H2,1-4H3/t24?,25-,26-,28-,29?,32-,33-,34+/m0/s1. The number of carbonyl (C=O) groups is 1. The molecule has 3 aliphatic rings. The number of methoxy groups -OCH3 is 1. The highest BCUT2D eigenvalue weighted by atomic mass is 16.6. The molecule has 2 N–H and O–H groups in total. The van der Waals surface area contributed by atoms with Gasteiger partial charge in [-0.05, 0) is 73.9 Å². The largest absolute Gasteiger partial charge is 0.482 e. The van der Waals surface area contributed by atoms with Gasteiger partial charge in [0.1, 0.15) is 28.8 Å². The number of nitrogens with zero attached hydrogens (tertiary/aromatic N) is 2. The zero-order chi connectivity index (χ0) is 31.4. The van der Waals surface area contributed by atoms with Crippen molar-refractivity contribution in [1.29, 1.82) is 5.26 Å². The van der Waals surface area contributed by atoms with Gasteiger partial charge in [-0.25, -0.2) is 9.59 Å². The molecule has 2 unspecified atom stereocenters. The van der Waals surface area contributed by atoms with Crippen LogP contribution in [0.15, 0.2) is 64.1 Å². The Labute approximate surface area is 255 Å². The third kappa shape index (κ3) is 4.53. The second-order valence-corrected chi connectivity index (χ2v) is 13.0. The molecule has 2 aromatic heterocycles. The van der Waals surface area contributed by atoms with Crippen LogP contribution in [0.1, 0.15) is 67.6 Å². The highest BCUT2D eigenvalue weighted by Crippen LogP contribution is 2.67. The summed E-state index contributed by atoms with van der Waals surface area (Å²) >= 11 is 0. The van der Waals surface area contributed by atoms with Gasteiger partial charge in [0.15, 0.2) is 0 Å². The third-order valence-electron chi connectivity index (χ3n) is 10.5. The van der Waals surface area contributed by atoms with Gasteiger partial charge >= 0.3 is 11.6 Å². The molecule has 0 bridgehead atoms. The van der Waals surface area contributed by atoms with Crippen molar-refractivity contribution in [3.05, 3.63) is 82.0 Å². The van der Waals surface area contributed by atoms with Crippen LogP contribution in [0.4, 0.5) is 0 Å². The fourth-order valence-corrected chi connectivity index (χ4v) is 8.39. The number of nitriles is 1. The second-order valence-electron chi connectivity index (χ2n) is 13.0. The van der Waals surface area contributed by atoms with Crippen LogP contribution in [0.2, 0.25) is 0 Å². The molecule has 2 aliphatic carbocycles. The second kappa shape index (κ2) is 10.8. The summed E-state index contributed by atoms with van der Waals surface area (Å²) in [6.07, 6.45) is 1.61. The van der Waals surface area contributed by atoms with Gasteiger partial charge < -0.3 is 28.8 Å². The number of aromatic nitrogens is 1. The lowest BCUT2D eigenvalue weighted by atomic mass is 9.42. The van der Waals surface area contributed by atoms with E-state index in [-0.39, 0.29) is 35.2 Å². The van der Waals surface area contributed by atoms with E-state index in [1.54, 1.807) is 49.8 Å². The average molecular weight is 601 g/mol. The number of esters is 1. The molecule has 230 valence electrons. The minimum absolute atomic E-state index is 0.0127. The van der Waals surface area contributed by atoms with E-state index < -0.39 is 52.3 Å². The third-order valence-corrected chi connectivity index (χ3v) is 10.5. The van der Waals surface area contributed by atoms with Crippen LogP contribution in [0.5, 0.6) is 5.75 Å². The number of pyridine rings is 1. The maximum atomic E-state index is 13.6. The highest BCUT2D eigenvalue weighted by molar-refractivity contribution is 5.89. The molecule has 3 aromatic rings. The van der Waals surface area contributed by atoms with E-state index in [0.717, 1.165) is 0 Å². The molecule has 8 atom stereocenters. The summed E-state index contributed by atoms with van der Waals surface area (Å²) in [6.45, 7) is 6.09. The van der Waals surface area contributed by atoms with Crippen molar-refractivity contribution < 1.29 is 33.6 Å². The maximum absolute atomic E-state index is 13.6. The molecule has 2 saturated carbocycles. The van der Waals surface area contributed by atoms with Gasteiger partial charge in [-0.1, -0.05) is 13.8 Å². The topological polar surface area (TPSA) is 152 Å². The van der Waals surface area contributed by atoms with Gasteiger partial charge in [0.05, 0.1) is 36.0 Å². The Kier molecular flexibility index (Phi) is 7.39. The number of fused-ring (bicyclic) bond motifs is 4. The fourth-order valence-electron chi connectivity index (χ4n) is 8.39. The number of hydrogen-bond acceptors (Lipinski definition) is 10. The molecule has 10 nitrogen and oxygen atoms in total. The average Bonchev–Trinajstić information content (AvgIpc) is 3.00. The number of aliphatic hydroxyl groups excluding tert-OH is 2. The van der Waals surface area contributed by atoms with Crippen molar-refractivity contribution >= 4 is 5.97 Å². The SMILES string of the molecule is COC[C@@]1(C)C2C[C@H](OC(=O)c3ccc(C#N)cc3)[C@@]3(C)Oc4cc(-c5cccnc5)oc(=O)c4[C@H](O)C3[C@@]2(C)CC[C@@H]1O. The zero-order valence-corrected chi connectivity index (χ0v) is 25.1. The molecule has 10 heteroatoms. The number of rotatable bonds is 5. The Morgan fingerprint density at radius 2 is 1.93 bits per heavy atom. The van der Waals surface area contributed by atoms with E-state index in [2.05, 4.69) is 11.9 Å². The van der Waals surface area contributed by atoms with Gasteiger partial charge in [-0.2, -0.15) is 5.26 Å². The van der Waals surface area contributed by atoms with Crippen molar-refractivity contribution in [2.75, 3.05) is 13.7 Å². The summed E-state index contributed by atoms with van der Waals surface area (Å²) < 4.78 is 24.3. The summed E-state index contributed by atoms with van der Waals surface area (Å²) in [6, 6.07) is 13.2. The summed E-state index contributed by atoms with van der Waals surface area (Å²) in [5.74, 6) is -1.22. The minimum atomic E-state index is -1.31. The van der Waals surface area contributed by atoms with E-state index in [1.165, 1.54) is 12.1 Å². The van der Waals surface area contributed by atoms with Gasteiger partial charge in [-0.15, -0.1) is 0 Å². The molecule has 1 aromatic carbocycles. The minimum Gasteiger partial charge on any atom is -0.482 e. The predicted molar refractivity (Wildman–Crippen MR) is 157 cm³/mol. The molecular weight excluding hydrogens is 564 g/mol. The van der Waals surface area contributed by atoms with Crippen molar-refractivity contribution in [1.82, 2.24) is 4.98 Å². The molecule has 0 amide bonds. The molecule has 44 heavy (non-hydrogen) atoms. The van der Waals surface area contributed by atoms with Crippen molar-refractivity contribution in [2.24, 2.45) is 22.7 Å². The van der Waals surface area contributed by atoms with E-state index in [9.17, 15) is 25.1 Å². The molecule has 2 fully saturated rings. The lowest BCUT2D eigenvalue weighted by Crippen LogP contribution is -2.71. The Hall–Kier alpha value is -4.04. The Morgan fingerprint density at radius 1 is 1.18 bits per heavy atom. The maximum Gasteiger partial charge on any atom is 0.345 e. The number of hydrogen-bond donors (Lipinski definition) is 2. The molecule has 0 spiro atoms. The fraction of sp³-hybridized carbons (Fsp3) is 0.471. The van der Waals surface area contributed by atoms with Crippen LogP contribution in [0.3, 0.4) is 0 Å². The van der Waals surface area contributed by atoms with E-state index in [1.807, 2.05) is 19.9 Å². The van der Waals surface area contributed by atoms with Crippen LogP contribution in [-0.4, -0.2) is 52.7 Å². The Bertz CT molecular complexity index is 1670. The smallest absolute Gasteiger partial charge is 0.345 e. The summed E-state index contributed by atoms with van der Waals surface area (Å²) in [4.78, 5) is 31.2. The first-order chi connectivity index (χ1) is 21.0. The molecule has 0 saturated heterocycles. The molecular formula is C34H36N2O8. The molecule has 0 radical (unpaired) electrons. The first-order valence-corrected chi connectivity index (χ1v) is 14.8. The van der Waals surface area contributed by atoms with Gasteiger partial charge in [0.2, 0.25) is 0 Å². The van der Waals surface area contributed by atoms with E-state index in [4.69, 9.17) is 18.6 Å².